The Balaban J connectivity index is 2.18. The zero-order valence-corrected chi connectivity index (χ0v) is 12.0. The van der Waals surface area contributed by atoms with E-state index < -0.39 is 23.0 Å². The first-order valence-corrected chi connectivity index (χ1v) is 6.33. The summed E-state index contributed by atoms with van der Waals surface area (Å²) in [6, 6.07) is 4.81. The van der Waals surface area contributed by atoms with Crippen LogP contribution in [0.2, 0.25) is 0 Å². The first kappa shape index (κ1) is 14.8. The summed E-state index contributed by atoms with van der Waals surface area (Å²) in [4.78, 5) is 34.2. The highest BCUT2D eigenvalue weighted by Crippen LogP contribution is 2.22. The topological polar surface area (TPSA) is 102 Å². The zero-order valence-electron chi connectivity index (χ0n) is 12.0. The molecule has 2 N–H and O–H groups in total. The van der Waals surface area contributed by atoms with E-state index in [9.17, 15) is 14.4 Å². The molecule has 0 atom stereocenters. The number of oxazole rings is 1. The maximum atomic E-state index is 11.9. The monoisotopic (exact) mass is 292 g/mol. The van der Waals surface area contributed by atoms with Gasteiger partial charge in [-0.1, -0.05) is 0 Å². The molecule has 1 aromatic carbocycles. The van der Waals surface area contributed by atoms with Crippen molar-refractivity contribution in [1.29, 1.82) is 0 Å². The lowest BCUT2D eigenvalue weighted by Crippen LogP contribution is -2.29. The number of carboxylic acid groups (broad SMARTS) is 1. The lowest BCUT2D eigenvalue weighted by molar-refractivity contribution is -0.148. The van der Waals surface area contributed by atoms with Crippen molar-refractivity contribution in [3.05, 3.63) is 28.7 Å². The maximum absolute atomic E-state index is 11.9. The molecular weight excluding hydrogens is 276 g/mol. The second kappa shape index (κ2) is 5.08. The van der Waals surface area contributed by atoms with Gasteiger partial charge in [0.15, 0.2) is 5.58 Å². The number of amides is 1. The van der Waals surface area contributed by atoms with Crippen LogP contribution in [-0.2, 0) is 16.6 Å². The third-order valence-corrected chi connectivity index (χ3v) is 3.26. The minimum absolute atomic E-state index is 0.154. The molecule has 1 aromatic heterocycles. The molecule has 21 heavy (non-hydrogen) atoms. The Bertz CT molecular complexity index is 769. The minimum Gasteiger partial charge on any atom is -0.481 e. The highest BCUT2D eigenvalue weighted by atomic mass is 16.4. The quantitative estimate of drug-likeness (QED) is 0.890. The second-order valence-electron chi connectivity index (χ2n) is 5.52. The summed E-state index contributed by atoms with van der Waals surface area (Å²) in [6.45, 7) is 2.96. The van der Waals surface area contributed by atoms with Crippen molar-refractivity contribution in [3.63, 3.8) is 0 Å². The molecule has 0 unspecified atom stereocenters. The number of carbonyl (C=O) groups is 2. The Labute approximate surface area is 120 Å². The highest BCUT2D eigenvalue weighted by Gasteiger charge is 2.30. The number of nitrogens with one attached hydrogen (secondary N) is 1. The maximum Gasteiger partial charge on any atom is 0.419 e. The first-order valence-electron chi connectivity index (χ1n) is 6.33. The van der Waals surface area contributed by atoms with E-state index in [2.05, 4.69) is 5.32 Å². The van der Waals surface area contributed by atoms with Crippen LogP contribution in [0, 0.1) is 5.41 Å². The van der Waals surface area contributed by atoms with Gasteiger partial charge in [0, 0.05) is 25.2 Å². The van der Waals surface area contributed by atoms with Gasteiger partial charge in [0.2, 0.25) is 5.91 Å². The molecule has 0 spiro atoms. The van der Waals surface area contributed by atoms with Gasteiger partial charge >= 0.3 is 11.7 Å². The zero-order chi connectivity index (χ0) is 15.8. The molecule has 0 aliphatic heterocycles. The van der Waals surface area contributed by atoms with Gasteiger partial charge in [0.1, 0.15) is 0 Å². The van der Waals surface area contributed by atoms with Crippen LogP contribution in [-0.4, -0.2) is 21.6 Å². The average molecular weight is 292 g/mol. The molecule has 0 saturated carbocycles. The molecule has 112 valence electrons. The van der Waals surface area contributed by atoms with Crippen LogP contribution in [0.4, 0.5) is 5.69 Å². The molecule has 0 bridgehead atoms. The molecular formula is C14H16N2O5. The SMILES string of the molecule is Cn1c(=O)oc2cc(NC(=O)CC(C)(C)C(=O)O)ccc21. The standard InChI is InChI=1S/C14H16N2O5/c1-14(2,12(18)19)7-11(17)15-8-4-5-9-10(6-8)21-13(20)16(9)3/h4-6H,7H2,1-3H3,(H,15,17)(H,18,19). The summed E-state index contributed by atoms with van der Waals surface area (Å²) in [6.07, 6.45) is -0.154. The number of rotatable bonds is 4. The van der Waals surface area contributed by atoms with Crippen molar-refractivity contribution in [1.82, 2.24) is 4.57 Å². The number of carboxylic acids is 1. The minimum atomic E-state index is -1.15. The molecule has 0 radical (unpaired) electrons. The molecule has 7 nitrogen and oxygen atoms in total. The van der Waals surface area contributed by atoms with Crippen molar-refractivity contribution in [2.45, 2.75) is 20.3 Å². The Morgan fingerprint density at radius 1 is 1.38 bits per heavy atom. The third-order valence-electron chi connectivity index (χ3n) is 3.26. The Morgan fingerprint density at radius 2 is 2.05 bits per heavy atom. The van der Waals surface area contributed by atoms with E-state index in [1.807, 2.05) is 0 Å². The Morgan fingerprint density at radius 3 is 2.67 bits per heavy atom. The first-order chi connectivity index (χ1) is 9.70. The van der Waals surface area contributed by atoms with Crippen molar-refractivity contribution in [2.75, 3.05) is 5.32 Å². The fourth-order valence-electron chi connectivity index (χ4n) is 1.89. The lowest BCUT2D eigenvalue weighted by atomic mass is 9.89. The number of benzene rings is 1. The molecule has 2 rings (SSSR count). The number of aryl methyl sites for hydroxylation is 1. The number of aliphatic carboxylic acids is 1. The Kier molecular flexibility index (Phi) is 3.59. The van der Waals surface area contributed by atoms with E-state index in [4.69, 9.17) is 9.52 Å². The molecule has 0 fully saturated rings. The number of anilines is 1. The van der Waals surface area contributed by atoms with Gasteiger partial charge < -0.3 is 14.8 Å². The van der Waals surface area contributed by atoms with Crippen LogP contribution in [0.1, 0.15) is 20.3 Å². The number of aromatic nitrogens is 1. The number of hydrogen-bond acceptors (Lipinski definition) is 4. The molecule has 1 amide bonds. The van der Waals surface area contributed by atoms with E-state index in [1.165, 1.54) is 24.5 Å². The average Bonchev–Trinajstić information content (AvgIpc) is 2.63. The van der Waals surface area contributed by atoms with Crippen LogP contribution in [0.5, 0.6) is 0 Å². The summed E-state index contributed by atoms with van der Waals surface area (Å²) < 4.78 is 6.38. The number of fused-ring (bicyclic) bond motifs is 1. The predicted octanol–water partition coefficient (Wildman–Crippen LogP) is 1.57. The second-order valence-corrected chi connectivity index (χ2v) is 5.52. The van der Waals surface area contributed by atoms with Crippen molar-refractivity contribution in [3.8, 4) is 0 Å². The number of nitrogens with zero attached hydrogens (tertiary/aromatic N) is 1. The summed E-state index contributed by atoms with van der Waals surface area (Å²) >= 11 is 0. The van der Waals surface area contributed by atoms with E-state index in [1.54, 1.807) is 19.2 Å². The Hall–Kier alpha value is -2.57. The molecule has 0 saturated heterocycles. The highest BCUT2D eigenvalue weighted by molar-refractivity contribution is 5.95. The van der Waals surface area contributed by atoms with Gasteiger partial charge in [-0.15, -0.1) is 0 Å². The smallest absolute Gasteiger partial charge is 0.419 e. The van der Waals surface area contributed by atoms with Gasteiger partial charge in [-0.3, -0.25) is 14.2 Å². The summed E-state index contributed by atoms with van der Waals surface area (Å²) in [5.74, 6) is -1.94. The molecule has 2 aromatic rings. The summed E-state index contributed by atoms with van der Waals surface area (Å²) in [5, 5.41) is 11.6. The van der Waals surface area contributed by atoms with E-state index in [-0.39, 0.29) is 6.42 Å². The number of carbonyl (C=O) groups excluding carboxylic acids is 1. The summed E-state index contributed by atoms with van der Waals surface area (Å²) in [5.41, 5.74) is 0.276. The van der Waals surface area contributed by atoms with Gasteiger partial charge in [-0.25, -0.2) is 4.79 Å². The molecule has 0 aliphatic rings. The predicted molar refractivity (Wildman–Crippen MR) is 76.1 cm³/mol. The van der Waals surface area contributed by atoms with Gasteiger partial charge in [-0.05, 0) is 26.0 Å². The summed E-state index contributed by atoms with van der Waals surface area (Å²) in [7, 11) is 1.59. The number of hydrogen-bond donors (Lipinski definition) is 2. The lowest BCUT2D eigenvalue weighted by Gasteiger charge is -2.18. The van der Waals surface area contributed by atoms with E-state index >= 15 is 0 Å². The van der Waals surface area contributed by atoms with Crippen molar-refractivity contribution >= 4 is 28.7 Å². The fraction of sp³-hybridized carbons (Fsp3) is 0.357. The van der Waals surface area contributed by atoms with Crippen molar-refractivity contribution < 1.29 is 19.1 Å². The van der Waals surface area contributed by atoms with E-state index in [0.29, 0.717) is 16.8 Å². The van der Waals surface area contributed by atoms with Crippen molar-refractivity contribution in [2.24, 2.45) is 12.5 Å². The normalized spacial score (nSPS) is 11.6. The van der Waals surface area contributed by atoms with Gasteiger partial charge in [0.05, 0.1) is 10.9 Å². The van der Waals surface area contributed by atoms with Crippen LogP contribution in [0.25, 0.3) is 11.1 Å². The van der Waals surface area contributed by atoms with Gasteiger partial charge in [0.25, 0.3) is 0 Å². The molecule has 1 heterocycles. The molecule has 0 aliphatic carbocycles. The molecule has 7 heteroatoms. The van der Waals surface area contributed by atoms with Crippen LogP contribution < -0.4 is 11.1 Å². The largest absolute Gasteiger partial charge is 0.481 e. The van der Waals surface area contributed by atoms with Crippen LogP contribution in [0.3, 0.4) is 0 Å². The van der Waals surface area contributed by atoms with Gasteiger partial charge in [-0.2, -0.15) is 0 Å². The van der Waals surface area contributed by atoms with Crippen LogP contribution >= 0.6 is 0 Å². The third kappa shape index (κ3) is 2.96. The fourth-order valence-corrected chi connectivity index (χ4v) is 1.89. The van der Waals surface area contributed by atoms with Crippen LogP contribution in [0.15, 0.2) is 27.4 Å². The van der Waals surface area contributed by atoms with E-state index in [0.717, 1.165) is 0 Å².